The Kier molecular flexibility index (Phi) is 6.54. The first-order chi connectivity index (χ1) is 12.6. The minimum atomic E-state index is -3.81. The van der Waals surface area contributed by atoms with Crippen molar-refractivity contribution in [1.29, 1.82) is 0 Å². The van der Waals surface area contributed by atoms with Crippen LogP contribution in [0.2, 0.25) is 0 Å². The van der Waals surface area contributed by atoms with E-state index in [1.807, 2.05) is 0 Å². The Morgan fingerprint density at radius 1 is 0.963 bits per heavy atom. The predicted octanol–water partition coefficient (Wildman–Crippen LogP) is 0.650. The molecule has 0 saturated carbocycles. The number of benzene rings is 2. The van der Waals surface area contributed by atoms with Gasteiger partial charge in [0.2, 0.25) is 26.0 Å². The first kappa shape index (κ1) is 20.8. The summed E-state index contributed by atoms with van der Waals surface area (Å²) in [7, 11) is -6.07. The van der Waals surface area contributed by atoms with Gasteiger partial charge in [-0.15, -0.1) is 0 Å². The van der Waals surface area contributed by atoms with Gasteiger partial charge in [-0.25, -0.2) is 26.7 Å². The average Bonchev–Trinajstić information content (AvgIpc) is 2.61. The highest BCUT2D eigenvalue weighted by molar-refractivity contribution is 7.89. The highest BCUT2D eigenvalue weighted by atomic mass is 32.2. The highest BCUT2D eigenvalue weighted by Crippen LogP contribution is 2.15. The molecule has 27 heavy (non-hydrogen) atoms. The van der Waals surface area contributed by atoms with E-state index in [0.29, 0.717) is 11.4 Å². The second-order valence-electron chi connectivity index (χ2n) is 5.44. The number of amides is 1. The maximum absolute atomic E-state index is 12.2. The number of primary sulfonamides is 1. The van der Waals surface area contributed by atoms with Crippen LogP contribution in [0.1, 0.15) is 6.42 Å². The fraction of sp³-hybridized carbons (Fsp3) is 0.188. The van der Waals surface area contributed by atoms with Crippen LogP contribution < -0.4 is 19.9 Å². The number of carbonyl (C=O) groups excluding carboxylic acids is 1. The van der Waals surface area contributed by atoms with Crippen LogP contribution in [-0.2, 0) is 24.8 Å². The Labute approximate surface area is 157 Å². The molecule has 146 valence electrons. The van der Waals surface area contributed by atoms with Crippen LogP contribution in [0.3, 0.4) is 0 Å². The van der Waals surface area contributed by atoms with E-state index in [2.05, 4.69) is 10.0 Å². The number of carbonyl (C=O) groups is 1. The van der Waals surface area contributed by atoms with Crippen LogP contribution in [0.15, 0.2) is 58.3 Å². The molecule has 0 unspecified atom stereocenters. The minimum absolute atomic E-state index is 0.0577. The summed E-state index contributed by atoms with van der Waals surface area (Å²) < 4.78 is 53.9. The molecule has 11 heteroatoms. The zero-order valence-corrected chi connectivity index (χ0v) is 16.0. The lowest BCUT2D eigenvalue weighted by Gasteiger charge is -2.08. The van der Waals surface area contributed by atoms with Crippen LogP contribution in [0.25, 0.3) is 0 Å². The summed E-state index contributed by atoms with van der Waals surface area (Å²) in [6, 6.07) is 11.1. The number of hydrogen-bond donors (Lipinski definition) is 3. The topological polar surface area (TPSA) is 145 Å². The van der Waals surface area contributed by atoms with Gasteiger partial charge in [-0.05, 0) is 48.5 Å². The van der Waals surface area contributed by atoms with Gasteiger partial charge in [-0.3, -0.25) is 4.79 Å². The third kappa shape index (κ3) is 6.03. The van der Waals surface area contributed by atoms with Gasteiger partial charge in [0, 0.05) is 18.7 Å². The van der Waals surface area contributed by atoms with Crippen LogP contribution in [0.5, 0.6) is 5.75 Å². The lowest BCUT2D eigenvalue weighted by atomic mass is 10.3. The monoisotopic (exact) mass is 413 g/mol. The van der Waals surface area contributed by atoms with Crippen molar-refractivity contribution in [2.75, 3.05) is 19.0 Å². The highest BCUT2D eigenvalue weighted by Gasteiger charge is 2.14. The van der Waals surface area contributed by atoms with Crippen molar-refractivity contribution in [2.45, 2.75) is 16.2 Å². The molecule has 0 fully saturated rings. The second-order valence-corrected chi connectivity index (χ2v) is 8.77. The van der Waals surface area contributed by atoms with Crippen molar-refractivity contribution in [1.82, 2.24) is 4.72 Å². The molecule has 4 N–H and O–H groups in total. The molecule has 0 atom stereocenters. The molecular weight excluding hydrogens is 394 g/mol. The number of nitrogens with one attached hydrogen (secondary N) is 2. The molecule has 9 nitrogen and oxygen atoms in total. The number of rotatable bonds is 8. The molecule has 0 heterocycles. The normalized spacial score (nSPS) is 11.8. The van der Waals surface area contributed by atoms with Crippen LogP contribution in [-0.4, -0.2) is 36.4 Å². The summed E-state index contributed by atoms with van der Waals surface area (Å²) in [5.74, 6) is 0.0950. The Balaban J connectivity index is 1.88. The van der Waals surface area contributed by atoms with Gasteiger partial charge in [-0.1, -0.05) is 0 Å². The summed E-state index contributed by atoms with van der Waals surface area (Å²) in [6.45, 7) is -0.102. The number of sulfonamides is 2. The molecule has 2 aromatic carbocycles. The summed E-state index contributed by atoms with van der Waals surface area (Å²) in [5.41, 5.74) is 0.366. The van der Waals surface area contributed by atoms with Gasteiger partial charge in [0.05, 0.1) is 16.9 Å². The molecule has 0 aliphatic rings. The third-order valence-electron chi connectivity index (χ3n) is 3.48. The van der Waals surface area contributed by atoms with E-state index in [4.69, 9.17) is 9.88 Å². The molecule has 0 aliphatic heterocycles. The van der Waals surface area contributed by atoms with Crippen molar-refractivity contribution in [3.05, 3.63) is 48.5 Å². The van der Waals surface area contributed by atoms with E-state index >= 15 is 0 Å². The molecule has 0 spiro atoms. The lowest BCUT2D eigenvalue weighted by Crippen LogP contribution is -2.27. The van der Waals surface area contributed by atoms with Crippen LogP contribution in [0.4, 0.5) is 5.69 Å². The summed E-state index contributed by atoms with van der Waals surface area (Å²) >= 11 is 0. The average molecular weight is 413 g/mol. The van der Waals surface area contributed by atoms with E-state index in [1.165, 1.54) is 55.6 Å². The van der Waals surface area contributed by atoms with Gasteiger partial charge < -0.3 is 10.1 Å². The Bertz CT molecular complexity index is 1000. The quantitative estimate of drug-likeness (QED) is 0.579. The fourth-order valence-electron chi connectivity index (χ4n) is 2.09. The first-order valence-corrected chi connectivity index (χ1v) is 10.7. The molecular formula is C16H19N3O6S2. The van der Waals surface area contributed by atoms with E-state index in [-0.39, 0.29) is 22.8 Å². The van der Waals surface area contributed by atoms with E-state index in [0.717, 1.165) is 0 Å². The smallest absolute Gasteiger partial charge is 0.240 e. The molecule has 1 amide bonds. The van der Waals surface area contributed by atoms with Crippen LogP contribution >= 0.6 is 0 Å². The number of methoxy groups -OCH3 is 1. The number of nitrogens with two attached hydrogens (primary N) is 1. The van der Waals surface area contributed by atoms with Gasteiger partial charge in [0.1, 0.15) is 5.75 Å². The van der Waals surface area contributed by atoms with Crippen molar-refractivity contribution in [3.63, 3.8) is 0 Å². The van der Waals surface area contributed by atoms with Crippen molar-refractivity contribution in [2.24, 2.45) is 5.14 Å². The summed E-state index contributed by atoms with van der Waals surface area (Å²) in [6.07, 6.45) is -0.105. The zero-order valence-electron chi connectivity index (χ0n) is 14.4. The number of hydrogen-bond acceptors (Lipinski definition) is 6. The predicted molar refractivity (Wildman–Crippen MR) is 99.2 cm³/mol. The Morgan fingerprint density at radius 2 is 1.52 bits per heavy atom. The van der Waals surface area contributed by atoms with Crippen molar-refractivity contribution < 1.29 is 26.4 Å². The molecule has 0 saturated heterocycles. The number of ether oxygens (including phenoxy) is 1. The van der Waals surface area contributed by atoms with Crippen molar-refractivity contribution in [3.8, 4) is 5.75 Å². The Hall–Kier alpha value is -2.47. The molecule has 0 aliphatic carbocycles. The maximum atomic E-state index is 12.2. The minimum Gasteiger partial charge on any atom is -0.497 e. The van der Waals surface area contributed by atoms with E-state index in [9.17, 15) is 21.6 Å². The number of anilines is 1. The lowest BCUT2D eigenvalue weighted by molar-refractivity contribution is -0.116. The summed E-state index contributed by atoms with van der Waals surface area (Å²) in [4.78, 5) is 11.9. The Morgan fingerprint density at radius 3 is 2.04 bits per heavy atom. The van der Waals surface area contributed by atoms with Gasteiger partial charge in [0.25, 0.3) is 0 Å². The molecule has 0 aromatic heterocycles. The third-order valence-corrected chi connectivity index (χ3v) is 5.89. The molecule has 0 bridgehead atoms. The second kappa shape index (κ2) is 8.48. The molecule has 2 rings (SSSR count). The van der Waals surface area contributed by atoms with Crippen LogP contribution in [0, 0.1) is 0 Å². The van der Waals surface area contributed by atoms with Crippen molar-refractivity contribution >= 4 is 31.6 Å². The fourth-order valence-corrected chi connectivity index (χ4v) is 3.64. The van der Waals surface area contributed by atoms with E-state index in [1.54, 1.807) is 0 Å². The zero-order chi connectivity index (χ0) is 20.1. The van der Waals surface area contributed by atoms with E-state index < -0.39 is 26.0 Å². The van der Waals surface area contributed by atoms with Gasteiger partial charge >= 0.3 is 0 Å². The maximum Gasteiger partial charge on any atom is 0.240 e. The first-order valence-electron chi connectivity index (χ1n) is 7.68. The summed E-state index contributed by atoms with van der Waals surface area (Å²) in [5, 5.41) is 7.53. The largest absolute Gasteiger partial charge is 0.497 e. The standard InChI is InChI=1S/C16H19N3O6S2/c1-25-13-4-8-15(9-5-13)27(23,24)18-11-10-16(20)19-12-2-6-14(7-3-12)26(17,21)22/h2-9,18H,10-11H2,1H3,(H,19,20)(H2,17,21,22). The van der Waals surface area contributed by atoms with Gasteiger partial charge in [0.15, 0.2) is 0 Å². The molecule has 0 radical (unpaired) electrons. The molecule has 2 aromatic rings. The SMILES string of the molecule is COc1ccc(S(=O)(=O)NCCC(=O)Nc2ccc(S(N)(=O)=O)cc2)cc1. The van der Waals surface area contributed by atoms with Gasteiger partial charge in [-0.2, -0.15) is 0 Å².